The van der Waals surface area contributed by atoms with Crippen LogP contribution in [0.15, 0.2) is 127 Å². The van der Waals surface area contributed by atoms with Crippen molar-refractivity contribution in [2.24, 2.45) is 0 Å². The Hall–Kier alpha value is -5.37. The molecule has 246 valence electrons. The van der Waals surface area contributed by atoms with Crippen molar-refractivity contribution in [3.8, 4) is 5.75 Å². The lowest BCUT2D eigenvalue weighted by Crippen LogP contribution is -2.46. The molecule has 0 radical (unpaired) electrons. The summed E-state index contributed by atoms with van der Waals surface area (Å²) < 4.78 is 10.9. The van der Waals surface area contributed by atoms with Gasteiger partial charge in [-0.2, -0.15) is 0 Å². The predicted molar refractivity (Wildman–Crippen MR) is 185 cm³/mol. The number of nitrogens with zero attached hydrogens (tertiary/aromatic N) is 2. The maximum absolute atomic E-state index is 15.1. The van der Waals surface area contributed by atoms with Crippen LogP contribution in [0.1, 0.15) is 60.9 Å². The highest BCUT2D eigenvalue weighted by atomic mass is 16.5. The van der Waals surface area contributed by atoms with Crippen LogP contribution >= 0.6 is 0 Å². The van der Waals surface area contributed by atoms with E-state index in [2.05, 4.69) is 5.32 Å². The second-order valence-corrected chi connectivity index (χ2v) is 12.2. The largest absolute Gasteiger partial charge is 0.497 e. The second-order valence-electron chi connectivity index (χ2n) is 12.2. The third-order valence-electron chi connectivity index (χ3n) is 9.19. The van der Waals surface area contributed by atoms with E-state index in [1.807, 2.05) is 115 Å². The second kappa shape index (κ2) is 15.0. The fourth-order valence-electron chi connectivity index (χ4n) is 6.87. The normalized spacial score (nSPS) is 17.2. The van der Waals surface area contributed by atoms with E-state index >= 15 is 4.79 Å². The summed E-state index contributed by atoms with van der Waals surface area (Å²) in [4.78, 5) is 47.2. The topological polar surface area (TPSA) is 88.2 Å². The Bertz CT molecular complexity index is 1740. The lowest BCUT2D eigenvalue weighted by Gasteiger charge is -2.35. The van der Waals surface area contributed by atoms with Crippen LogP contribution in [0.5, 0.6) is 5.75 Å². The van der Waals surface area contributed by atoms with Crippen molar-refractivity contribution in [1.29, 1.82) is 0 Å². The van der Waals surface area contributed by atoms with Gasteiger partial charge in [0.15, 0.2) is 0 Å². The van der Waals surface area contributed by atoms with Gasteiger partial charge in [-0.15, -0.1) is 0 Å². The van der Waals surface area contributed by atoms with E-state index in [0.29, 0.717) is 22.6 Å². The Morgan fingerprint density at radius 3 is 2.02 bits per heavy atom. The molecule has 1 aliphatic carbocycles. The van der Waals surface area contributed by atoms with Gasteiger partial charge in [0.05, 0.1) is 25.8 Å². The number of rotatable bonds is 11. The first kappa shape index (κ1) is 32.6. The van der Waals surface area contributed by atoms with Crippen molar-refractivity contribution in [1.82, 2.24) is 10.2 Å². The van der Waals surface area contributed by atoms with E-state index in [0.717, 1.165) is 37.7 Å². The zero-order chi connectivity index (χ0) is 33.5. The van der Waals surface area contributed by atoms with Gasteiger partial charge in [-0.25, -0.2) is 4.79 Å². The number of carbonyl (C=O) groups is 3. The summed E-state index contributed by atoms with van der Waals surface area (Å²) in [5.74, 6) is -0.611. The first-order valence-corrected chi connectivity index (χ1v) is 16.5. The Morgan fingerprint density at radius 2 is 1.42 bits per heavy atom. The van der Waals surface area contributed by atoms with Crippen LogP contribution in [0.4, 0.5) is 5.69 Å². The third-order valence-corrected chi connectivity index (χ3v) is 9.19. The van der Waals surface area contributed by atoms with Crippen molar-refractivity contribution in [3.63, 3.8) is 0 Å². The minimum Gasteiger partial charge on any atom is -0.497 e. The molecule has 8 nitrogen and oxygen atoms in total. The average Bonchev–Trinajstić information content (AvgIpc) is 3.45. The number of ether oxygens (including phenoxy) is 2. The Kier molecular flexibility index (Phi) is 10.2. The zero-order valence-corrected chi connectivity index (χ0v) is 27.4. The van der Waals surface area contributed by atoms with Gasteiger partial charge in [-0.3, -0.25) is 14.5 Å². The highest BCUT2D eigenvalue weighted by molar-refractivity contribution is 6.16. The maximum Gasteiger partial charge on any atom is 0.338 e. The fraction of sp³-hybridized carbons (Fsp3) is 0.275. The smallest absolute Gasteiger partial charge is 0.338 e. The molecule has 0 aromatic heterocycles. The molecule has 0 spiro atoms. The van der Waals surface area contributed by atoms with Gasteiger partial charge in [-0.05, 0) is 53.8 Å². The van der Waals surface area contributed by atoms with Crippen molar-refractivity contribution in [2.45, 2.75) is 56.8 Å². The molecule has 1 saturated carbocycles. The number of anilines is 1. The van der Waals surface area contributed by atoms with Gasteiger partial charge >= 0.3 is 5.97 Å². The molecule has 0 bridgehead atoms. The molecule has 4 aromatic carbocycles. The molecule has 2 atom stereocenters. The number of hydrogen-bond donors (Lipinski definition) is 1. The maximum atomic E-state index is 15.1. The Morgan fingerprint density at radius 1 is 0.812 bits per heavy atom. The fourth-order valence-corrected chi connectivity index (χ4v) is 6.87. The summed E-state index contributed by atoms with van der Waals surface area (Å²) in [6.45, 7) is 0.192. The molecular weight excluding hydrogens is 602 g/mol. The average molecular weight is 644 g/mol. The molecular formula is C40H41N3O5. The van der Waals surface area contributed by atoms with Gasteiger partial charge < -0.3 is 19.7 Å². The number of hydrogen-bond acceptors (Lipinski definition) is 6. The number of methoxy groups -OCH3 is 2. The summed E-state index contributed by atoms with van der Waals surface area (Å²) >= 11 is 0. The molecule has 1 aliphatic heterocycles. The monoisotopic (exact) mass is 643 g/mol. The molecule has 2 amide bonds. The highest BCUT2D eigenvalue weighted by Crippen LogP contribution is 2.45. The summed E-state index contributed by atoms with van der Waals surface area (Å²) in [5.41, 5.74) is 3.20. The molecule has 1 N–H and O–H groups in total. The molecule has 8 heteroatoms. The number of amides is 2. The van der Waals surface area contributed by atoms with Crippen molar-refractivity contribution >= 4 is 23.5 Å². The first-order valence-electron chi connectivity index (χ1n) is 16.5. The lowest BCUT2D eigenvalue weighted by molar-refractivity contribution is -0.137. The minimum absolute atomic E-state index is 0.0391. The summed E-state index contributed by atoms with van der Waals surface area (Å²) in [7, 11) is 2.91. The number of benzene rings is 4. The molecule has 1 heterocycles. The number of carbonyl (C=O) groups excluding carboxylic acids is 3. The minimum atomic E-state index is -0.917. The van der Waals surface area contributed by atoms with E-state index in [9.17, 15) is 9.59 Å². The van der Waals surface area contributed by atoms with Gasteiger partial charge in [0, 0.05) is 18.3 Å². The molecule has 1 fully saturated rings. The van der Waals surface area contributed by atoms with Crippen LogP contribution in [0, 0.1) is 0 Å². The Balaban J connectivity index is 1.58. The molecule has 4 aromatic rings. The van der Waals surface area contributed by atoms with Gasteiger partial charge in [-0.1, -0.05) is 110 Å². The Labute approximate surface area is 282 Å². The summed E-state index contributed by atoms with van der Waals surface area (Å²) in [6.07, 6.45) is 5.08. The summed E-state index contributed by atoms with van der Waals surface area (Å²) in [6, 6.07) is 34.1. The van der Waals surface area contributed by atoms with E-state index in [1.165, 1.54) is 7.11 Å². The predicted octanol–water partition coefficient (Wildman–Crippen LogP) is 6.90. The van der Waals surface area contributed by atoms with E-state index in [1.54, 1.807) is 16.9 Å². The van der Waals surface area contributed by atoms with Crippen molar-refractivity contribution < 1.29 is 23.9 Å². The van der Waals surface area contributed by atoms with Crippen LogP contribution in [0.25, 0.3) is 0 Å². The van der Waals surface area contributed by atoms with Crippen molar-refractivity contribution in [3.05, 3.63) is 143 Å². The number of para-hydroxylation sites is 1. The van der Waals surface area contributed by atoms with Gasteiger partial charge in [0.25, 0.3) is 5.91 Å². The van der Waals surface area contributed by atoms with Gasteiger partial charge in [0.2, 0.25) is 5.91 Å². The van der Waals surface area contributed by atoms with E-state index in [-0.39, 0.29) is 29.8 Å². The standard InChI is InChI=1S/C40H41N3O5/c1-47-33-25-23-30(24-26-33)35-34(40(46)48-2)37(39(45)43(35)32-21-13-6-14-22-32)42(27-28-15-7-3-8-16-28)36(29-17-9-4-10-18-29)38(44)41-31-19-11-5-12-20-31/h3-4,6-10,13-18,21-26,31,35-36H,5,11-12,19-20,27H2,1-2H3,(H,41,44). The van der Waals surface area contributed by atoms with Crippen LogP contribution in [-0.2, 0) is 25.7 Å². The lowest BCUT2D eigenvalue weighted by atomic mass is 9.94. The zero-order valence-electron chi connectivity index (χ0n) is 27.4. The van der Waals surface area contributed by atoms with Crippen LogP contribution in [-0.4, -0.2) is 42.9 Å². The SMILES string of the molecule is COC(=O)C1=C(N(Cc2ccccc2)C(C(=O)NC2CCCCC2)c2ccccc2)C(=O)N(c2ccccc2)C1c1ccc(OC)cc1. The quantitative estimate of drug-likeness (QED) is 0.179. The van der Waals surface area contributed by atoms with Crippen LogP contribution < -0.4 is 15.0 Å². The molecule has 2 aliphatic rings. The van der Waals surface area contributed by atoms with Crippen molar-refractivity contribution in [2.75, 3.05) is 19.1 Å². The molecule has 0 saturated heterocycles. The molecule has 48 heavy (non-hydrogen) atoms. The summed E-state index contributed by atoms with van der Waals surface area (Å²) in [5, 5.41) is 3.32. The van der Waals surface area contributed by atoms with Crippen LogP contribution in [0.2, 0.25) is 0 Å². The highest BCUT2D eigenvalue weighted by Gasteiger charge is 2.49. The first-order chi connectivity index (χ1) is 23.5. The third kappa shape index (κ3) is 6.83. The van der Waals surface area contributed by atoms with E-state index in [4.69, 9.17) is 9.47 Å². The number of esters is 1. The van der Waals surface area contributed by atoms with E-state index < -0.39 is 24.0 Å². The molecule has 2 unspecified atom stereocenters. The van der Waals surface area contributed by atoms with Crippen LogP contribution in [0.3, 0.4) is 0 Å². The number of nitrogens with one attached hydrogen (secondary N) is 1. The van der Waals surface area contributed by atoms with Gasteiger partial charge in [0.1, 0.15) is 17.5 Å². The molecule has 6 rings (SSSR count).